The lowest BCUT2D eigenvalue weighted by atomic mass is 10.1. The molecule has 0 radical (unpaired) electrons. The van der Waals surface area contributed by atoms with Gasteiger partial charge in [0, 0.05) is 6.04 Å². The Bertz CT molecular complexity index is 384. The highest BCUT2D eigenvalue weighted by molar-refractivity contribution is 5.77. The maximum Gasteiger partial charge on any atom is 0.327 e. The van der Waals surface area contributed by atoms with Crippen molar-refractivity contribution in [3.05, 3.63) is 29.8 Å². The van der Waals surface area contributed by atoms with Crippen molar-refractivity contribution >= 4 is 5.97 Å². The second-order valence-corrected chi connectivity index (χ2v) is 4.17. The van der Waals surface area contributed by atoms with Crippen molar-refractivity contribution in [2.75, 3.05) is 14.2 Å². The van der Waals surface area contributed by atoms with E-state index >= 15 is 0 Å². The van der Waals surface area contributed by atoms with E-state index in [0.29, 0.717) is 6.04 Å². The molecule has 1 saturated carbocycles. The Morgan fingerprint density at radius 2 is 1.94 bits per heavy atom. The van der Waals surface area contributed by atoms with Crippen LogP contribution in [-0.4, -0.2) is 26.2 Å². The van der Waals surface area contributed by atoms with E-state index in [1.807, 2.05) is 24.3 Å². The molecule has 4 nitrogen and oxygen atoms in total. The first-order chi connectivity index (χ1) is 8.24. The SMILES string of the molecule is COC(=O)C(NC1CC1)c1ccc(OC)cc1. The lowest BCUT2D eigenvalue weighted by Crippen LogP contribution is -2.31. The molecule has 1 fully saturated rings. The van der Waals surface area contributed by atoms with Crippen LogP contribution in [-0.2, 0) is 9.53 Å². The molecule has 1 aromatic carbocycles. The van der Waals surface area contributed by atoms with E-state index in [0.717, 1.165) is 24.2 Å². The molecule has 1 aliphatic rings. The average molecular weight is 235 g/mol. The molecule has 0 bridgehead atoms. The first-order valence-electron chi connectivity index (χ1n) is 5.72. The van der Waals surface area contributed by atoms with Gasteiger partial charge in [-0.05, 0) is 30.5 Å². The number of methoxy groups -OCH3 is 2. The number of carbonyl (C=O) groups excluding carboxylic acids is 1. The maximum absolute atomic E-state index is 11.7. The third-order valence-electron chi connectivity index (χ3n) is 2.87. The zero-order chi connectivity index (χ0) is 12.3. The largest absolute Gasteiger partial charge is 0.497 e. The van der Waals surface area contributed by atoms with Crippen LogP contribution in [0.1, 0.15) is 24.4 Å². The van der Waals surface area contributed by atoms with Gasteiger partial charge in [0.2, 0.25) is 0 Å². The van der Waals surface area contributed by atoms with Crippen molar-refractivity contribution in [3.63, 3.8) is 0 Å². The van der Waals surface area contributed by atoms with Crippen molar-refractivity contribution in [2.24, 2.45) is 0 Å². The minimum Gasteiger partial charge on any atom is -0.497 e. The Labute approximate surface area is 101 Å². The van der Waals surface area contributed by atoms with Crippen molar-refractivity contribution in [3.8, 4) is 5.75 Å². The average Bonchev–Trinajstić information content (AvgIpc) is 3.19. The fraction of sp³-hybridized carbons (Fsp3) is 0.462. The monoisotopic (exact) mass is 235 g/mol. The standard InChI is InChI=1S/C13H17NO3/c1-16-11-7-3-9(4-8-11)12(13(15)17-2)14-10-5-6-10/h3-4,7-8,10,12,14H,5-6H2,1-2H3. The van der Waals surface area contributed by atoms with Gasteiger partial charge in [0.05, 0.1) is 14.2 Å². The van der Waals surface area contributed by atoms with Gasteiger partial charge in [-0.15, -0.1) is 0 Å². The number of ether oxygens (including phenoxy) is 2. The maximum atomic E-state index is 11.7. The van der Waals surface area contributed by atoms with Crippen LogP contribution in [0.15, 0.2) is 24.3 Å². The van der Waals surface area contributed by atoms with E-state index in [4.69, 9.17) is 9.47 Å². The van der Waals surface area contributed by atoms with E-state index in [1.165, 1.54) is 7.11 Å². The van der Waals surface area contributed by atoms with Crippen LogP contribution in [0.2, 0.25) is 0 Å². The molecule has 4 heteroatoms. The lowest BCUT2D eigenvalue weighted by Gasteiger charge is -2.16. The Kier molecular flexibility index (Phi) is 3.64. The number of rotatable bonds is 5. The summed E-state index contributed by atoms with van der Waals surface area (Å²) in [6.45, 7) is 0. The number of esters is 1. The van der Waals surface area contributed by atoms with Crippen LogP contribution in [0.3, 0.4) is 0 Å². The van der Waals surface area contributed by atoms with Gasteiger partial charge in [-0.3, -0.25) is 5.32 Å². The molecule has 17 heavy (non-hydrogen) atoms. The summed E-state index contributed by atoms with van der Waals surface area (Å²) in [6, 6.07) is 7.53. The van der Waals surface area contributed by atoms with Gasteiger partial charge in [0.1, 0.15) is 11.8 Å². The van der Waals surface area contributed by atoms with Crippen molar-refractivity contribution in [1.29, 1.82) is 0 Å². The fourth-order valence-corrected chi connectivity index (χ4v) is 1.70. The van der Waals surface area contributed by atoms with Gasteiger partial charge in [-0.25, -0.2) is 4.79 Å². The Morgan fingerprint density at radius 1 is 1.29 bits per heavy atom. The molecule has 0 saturated heterocycles. The molecule has 0 spiro atoms. The molecule has 0 aromatic heterocycles. The highest BCUT2D eigenvalue weighted by atomic mass is 16.5. The minimum absolute atomic E-state index is 0.248. The summed E-state index contributed by atoms with van der Waals surface area (Å²) in [6.07, 6.45) is 2.26. The van der Waals surface area contributed by atoms with Crippen LogP contribution >= 0.6 is 0 Å². The van der Waals surface area contributed by atoms with Crippen LogP contribution in [0, 0.1) is 0 Å². The number of hydrogen-bond donors (Lipinski definition) is 1. The number of carbonyl (C=O) groups is 1. The van der Waals surface area contributed by atoms with E-state index in [9.17, 15) is 4.79 Å². The third-order valence-corrected chi connectivity index (χ3v) is 2.87. The molecule has 2 rings (SSSR count). The highest BCUT2D eigenvalue weighted by Crippen LogP contribution is 2.26. The minimum atomic E-state index is -0.376. The summed E-state index contributed by atoms with van der Waals surface area (Å²) in [5, 5.41) is 3.28. The lowest BCUT2D eigenvalue weighted by molar-refractivity contribution is -0.143. The molecule has 1 N–H and O–H groups in total. The zero-order valence-corrected chi connectivity index (χ0v) is 10.1. The molecule has 0 heterocycles. The van der Waals surface area contributed by atoms with Crippen LogP contribution in [0.4, 0.5) is 0 Å². The molecule has 92 valence electrons. The van der Waals surface area contributed by atoms with Gasteiger partial charge in [0.15, 0.2) is 0 Å². The van der Waals surface area contributed by atoms with Gasteiger partial charge >= 0.3 is 5.97 Å². The van der Waals surface area contributed by atoms with Crippen LogP contribution < -0.4 is 10.1 Å². The molecule has 1 unspecified atom stereocenters. The smallest absolute Gasteiger partial charge is 0.327 e. The molecule has 1 aromatic rings. The highest BCUT2D eigenvalue weighted by Gasteiger charge is 2.29. The molecular formula is C13H17NO3. The van der Waals surface area contributed by atoms with E-state index in [1.54, 1.807) is 7.11 Å². The molecule has 1 aliphatic carbocycles. The van der Waals surface area contributed by atoms with Crippen LogP contribution in [0.25, 0.3) is 0 Å². The second-order valence-electron chi connectivity index (χ2n) is 4.17. The summed E-state index contributed by atoms with van der Waals surface area (Å²) in [7, 11) is 3.03. The normalized spacial score (nSPS) is 16.4. The summed E-state index contributed by atoms with van der Waals surface area (Å²) in [4.78, 5) is 11.7. The molecular weight excluding hydrogens is 218 g/mol. The predicted octanol–water partition coefficient (Wildman–Crippen LogP) is 1.66. The summed E-state index contributed by atoms with van der Waals surface area (Å²) in [5.74, 6) is 0.533. The van der Waals surface area contributed by atoms with Crippen molar-refractivity contribution in [2.45, 2.75) is 24.9 Å². The van der Waals surface area contributed by atoms with E-state index < -0.39 is 0 Å². The summed E-state index contributed by atoms with van der Waals surface area (Å²) < 4.78 is 9.91. The van der Waals surface area contributed by atoms with Crippen molar-refractivity contribution in [1.82, 2.24) is 5.32 Å². The fourth-order valence-electron chi connectivity index (χ4n) is 1.70. The summed E-state index contributed by atoms with van der Waals surface area (Å²) in [5.41, 5.74) is 0.907. The molecule has 0 aliphatic heterocycles. The predicted molar refractivity (Wildman–Crippen MR) is 63.9 cm³/mol. The van der Waals surface area contributed by atoms with Crippen molar-refractivity contribution < 1.29 is 14.3 Å². The molecule has 1 atom stereocenters. The molecule has 0 amide bonds. The second kappa shape index (κ2) is 5.19. The summed E-state index contributed by atoms with van der Waals surface area (Å²) >= 11 is 0. The quantitative estimate of drug-likeness (QED) is 0.788. The topological polar surface area (TPSA) is 47.6 Å². The third kappa shape index (κ3) is 2.97. The Hall–Kier alpha value is -1.55. The van der Waals surface area contributed by atoms with Gasteiger partial charge in [-0.1, -0.05) is 12.1 Å². The first kappa shape index (κ1) is 11.9. The number of nitrogens with one attached hydrogen (secondary N) is 1. The number of benzene rings is 1. The first-order valence-corrected chi connectivity index (χ1v) is 5.72. The van der Waals surface area contributed by atoms with Gasteiger partial charge in [0.25, 0.3) is 0 Å². The van der Waals surface area contributed by atoms with Crippen LogP contribution in [0.5, 0.6) is 5.75 Å². The van der Waals surface area contributed by atoms with E-state index in [-0.39, 0.29) is 12.0 Å². The zero-order valence-electron chi connectivity index (χ0n) is 10.1. The Balaban J connectivity index is 2.14. The Morgan fingerprint density at radius 3 is 2.41 bits per heavy atom. The van der Waals surface area contributed by atoms with E-state index in [2.05, 4.69) is 5.32 Å². The van der Waals surface area contributed by atoms with Gasteiger partial charge < -0.3 is 9.47 Å². The number of hydrogen-bond acceptors (Lipinski definition) is 4. The van der Waals surface area contributed by atoms with Gasteiger partial charge in [-0.2, -0.15) is 0 Å².